The van der Waals surface area contributed by atoms with E-state index in [0.717, 1.165) is 35.8 Å². The van der Waals surface area contributed by atoms with Crippen LogP contribution in [0.1, 0.15) is 19.3 Å². The van der Waals surface area contributed by atoms with Gasteiger partial charge in [0.1, 0.15) is 5.69 Å². The Bertz CT molecular complexity index is 649. The number of benzene rings is 1. The molecule has 0 amide bonds. The molecule has 0 atom stereocenters. The molecule has 116 valence electrons. The molecule has 0 unspecified atom stereocenters. The number of likely N-dealkylation sites (tertiary alicyclic amines) is 1. The molecule has 4 rings (SSSR count). The summed E-state index contributed by atoms with van der Waals surface area (Å²) in [4.78, 5) is 2.51. The molecule has 6 heteroatoms. The first-order valence-electron chi connectivity index (χ1n) is 7.91. The fourth-order valence-corrected chi connectivity index (χ4v) is 3.02. The van der Waals surface area contributed by atoms with Crippen LogP contribution in [0.15, 0.2) is 24.4 Å². The topological polar surface area (TPSA) is 52.4 Å². The minimum Gasteiger partial charge on any atom is -0.454 e. The lowest BCUT2D eigenvalue weighted by molar-refractivity contribution is 0.174. The van der Waals surface area contributed by atoms with Crippen molar-refractivity contribution in [3.05, 3.63) is 24.4 Å². The lowest BCUT2D eigenvalue weighted by Gasteiger charge is -2.25. The van der Waals surface area contributed by atoms with Gasteiger partial charge in [-0.05, 0) is 44.1 Å². The van der Waals surface area contributed by atoms with Gasteiger partial charge in [0.25, 0.3) is 0 Å². The normalized spacial score (nSPS) is 17.8. The van der Waals surface area contributed by atoms with E-state index in [9.17, 15) is 0 Å². The van der Waals surface area contributed by atoms with Crippen LogP contribution in [0, 0.1) is 0 Å². The first-order chi connectivity index (χ1) is 10.9. The van der Waals surface area contributed by atoms with Crippen molar-refractivity contribution >= 4 is 0 Å². The molecule has 2 aromatic rings. The zero-order chi connectivity index (χ0) is 14.8. The minimum atomic E-state index is 0.293. The Morgan fingerprint density at radius 1 is 1.00 bits per heavy atom. The third-order valence-corrected chi connectivity index (χ3v) is 4.30. The van der Waals surface area contributed by atoms with Crippen LogP contribution in [-0.4, -0.2) is 46.3 Å². The van der Waals surface area contributed by atoms with Gasteiger partial charge in [0.05, 0.1) is 12.7 Å². The van der Waals surface area contributed by atoms with Gasteiger partial charge in [-0.25, -0.2) is 0 Å². The molecular formula is C16H20N4O2. The maximum atomic E-state index is 5.41. The number of nitrogens with zero attached hydrogens (tertiary/aromatic N) is 4. The van der Waals surface area contributed by atoms with Crippen molar-refractivity contribution in [2.24, 2.45) is 0 Å². The Balaban J connectivity index is 1.42. The van der Waals surface area contributed by atoms with Gasteiger partial charge in [0, 0.05) is 12.1 Å². The Morgan fingerprint density at radius 3 is 2.77 bits per heavy atom. The van der Waals surface area contributed by atoms with Gasteiger partial charge in [-0.15, -0.1) is 5.10 Å². The molecule has 3 heterocycles. The van der Waals surface area contributed by atoms with E-state index >= 15 is 0 Å². The Morgan fingerprint density at radius 2 is 1.86 bits per heavy atom. The largest absolute Gasteiger partial charge is 0.454 e. The summed E-state index contributed by atoms with van der Waals surface area (Å²) in [6.45, 7) is 4.65. The number of aromatic nitrogens is 3. The summed E-state index contributed by atoms with van der Waals surface area (Å²) in [7, 11) is 0. The molecule has 0 spiro atoms. The number of hydrogen-bond acceptors (Lipinski definition) is 5. The Kier molecular flexibility index (Phi) is 3.68. The highest BCUT2D eigenvalue weighted by atomic mass is 16.7. The fourth-order valence-electron chi connectivity index (χ4n) is 3.02. The van der Waals surface area contributed by atoms with E-state index in [4.69, 9.17) is 9.47 Å². The molecule has 0 bridgehead atoms. The van der Waals surface area contributed by atoms with Crippen LogP contribution in [-0.2, 0) is 6.54 Å². The van der Waals surface area contributed by atoms with Crippen LogP contribution in [0.3, 0.4) is 0 Å². The predicted octanol–water partition coefficient (Wildman–Crippen LogP) is 2.16. The highest BCUT2D eigenvalue weighted by Gasteiger charge is 2.15. The zero-order valence-electron chi connectivity index (χ0n) is 12.6. The molecule has 1 fully saturated rings. The Labute approximate surface area is 129 Å². The van der Waals surface area contributed by atoms with E-state index < -0.39 is 0 Å². The highest BCUT2D eigenvalue weighted by Crippen LogP contribution is 2.35. The second kappa shape index (κ2) is 5.96. The zero-order valence-corrected chi connectivity index (χ0v) is 12.6. The average Bonchev–Trinajstić information content (AvgIpc) is 3.22. The SMILES string of the molecule is c1cc2c(cc1-c1cn(CCN3CCCCC3)nn1)OCO2. The van der Waals surface area contributed by atoms with Crippen LogP contribution >= 0.6 is 0 Å². The quantitative estimate of drug-likeness (QED) is 0.866. The number of piperidine rings is 1. The van der Waals surface area contributed by atoms with Crippen LogP contribution in [0.4, 0.5) is 0 Å². The number of ether oxygens (including phenoxy) is 2. The van der Waals surface area contributed by atoms with E-state index in [-0.39, 0.29) is 0 Å². The van der Waals surface area contributed by atoms with Gasteiger partial charge in [0.2, 0.25) is 6.79 Å². The molecular weight excluding hydrogens is 280 g/mol. The predicted molar refractivity (Wildman–Crippen MR) is 81.9 cm³/mol. The van der Waals surface area contributed by atoms with Crippen LogP contribution in [0.5, 0.6) is 11.5 Å². The van der Waals surface area contributed by atoms with Crippen LogP contribution in [0.2, 0.25) is 0 Å². The number of rotatable bonds is 4. The Hall–Kier alpha value is -2.08. The number of fused-ring (bicyclic) bond motifs is 1. The third kappa shape index (κ3) is 2.78. The van der Waals surface area contributed by atoms with Gasteiger partial charge in [-0.3, -0.25) is 4.68 Å². The van der Waals surface area contributed by atoms with Crippen molar-refractivity contribution in [2.45, 2.75) is 25.8 Å². The van der Waals surface area contributed by atoms with Crippen molar-refractivity contribution in [2.75, 3.05) is 26.4 Å². The van der Waals surface area contributed by atoms with Gasteiger partial charge < -0.3 is 14.4 Å². The summed E-state index contributed by atoms with van der Waals surface area (Å²) in [6, 6.07) is 5.87. The van der Waals surface area contributed by atoms with Crippen molar-refractivity contribution in [3.8, 4) is 22.8 Å². The second-order valence-corrected chi connectivity index (χ2v) is 5.84. The summed E-state index contributed by atoms with van der Waals surface area (Å²) in [5.41, 5.74) is 1.88. The van der Waals surface area contributed by atoms with Crippen molar-refractivity contribution in [1.82, 2.24) is 19.9 Å². The monoisotopic (exact) mass is 300 g/mol. The minimum absolute atomic E-state index is 0.293. The van der Waals surface area contributed by atoms with Gasteiger partial charge in [-0.1, -0.05) is 11.6 Å². The molecule has 2 aliphatic heterocycles. The molecule has 1 saturated heterocycles. The maximum absolute atomic E-state index is 5.41. The molecule has 1 aromatic heterocycles. The number of hydrogen-bond donors (Lipinski definition) is 0. The third-order valence-electron chi connectivity index (χ3n) is 4.30. The summed E-state index contributed by atoms with van der Waals surface area (Å²) in [5.74, 6) is 1.57. The molecule has 2 aliphatic rings. The molecule has 6 nitrogen and oxygen atoms in total. The van der Waals surface area contributed by atoms with Gasteiger partial charge in [0.15, 0.2) is 11.5 Å². The molecule has 0 aliphatic carbocycles. The molecule has 0 saturated carbocycles. The van der Waals surface area contributed by atoms with E-state index in [2.05, 4.69) is 15.2 Å². The van der Waals surface area contributed by atoms with Crippen LogP contribution in [0.25, 0.3) is 11.3 Å². The standard InChI is InChI=1S/C16H20N4O2/c1-2-6-19(7-3-1)8-9-20-11-14(17-18-20)13-4-5-15-16(10-13)22-12-21-15/h4-5,10-11H,1-3,6-9,12H2. The van der Waals surface area contributed by atoms with E-state index in [1.165, 1.54) is 32.4 Å². The smallest absolute Gasteiger partial charge is 0.231 e. The van der Waals surface area contributed by atoms with Crippen molar-refractivity contribution in [1.29, 1.82) is 0 Å². The summed E-state index contributed by atoms with van der Waals surface area (Å²) in [5, 5.41) is 8.51. The first-order valence-corrected chi connectivity index (χ1v) is 7.91. The van der Waals surface area contributed by atoms with E-state index in [0.29, 0.717) is 6.79 Å². The first kappa shape index (κ1) is 13.6. The lowest BCUT2D eigenvalue weighted by atomic mass is 10.1. The van der Waals surface area contributed by atoms with Gasteiger partial charge >= 0.3 is 0 Å². The lowest BCUT2D eigenvalue weighted by Crippen LogP contribution is -2.32. The summed E-state index contributed by atoms with van der Waals surface area (Å²) >= 11 is 0. The second-order valence-electron chi connectivity index (χ2n) is 5.84. The molecule has 0 N–H and O–H groups in total. The fraction of sp³-hybridized carbons (Fsp3) is 0.500. The van der Waals surface area contributed by atoms with Crippen molar-refractivity contribution < 1.29 is 9.47 Å². The van der Waals surface area contributed by atoms with E-state index in [1.54, 1.807) is 0 Å². The van der Waals surface area contributed by atoms with E-state index in [1.807, 2.05) is 29.1 Å². The molecule has 22 heavy (non-hydrogen) atoms. The van der Waals surface area contributed by atoms with Crippen LogP contribution < -0.4 is 9.47 Å². The summed E-state index contributed by atoms with van der Waals surface area (Å²) < 4.78 is 12.7. The summed E-state index contributed by atoms with van der Waals surface area (Å²) in [6.07, 6.45) is 6.01. The molecule has 0 radical (unpaired) electrons. The highest BCUT2D eigenvalue weighted by molar-refractivity contribution is 5.63. The average molecular weight is 300 g/mol. The van der Waals surface area contributed by atoms with Gasteiger partial charge in [-0.2, -0.15) is 0 Å². The van der Waals surface area contributed by atoms with Crippen molar-refractivity contribution in [3.63, 3.8) is 0 Å². The molecule has 1 aromatic carbocycles. The maximum Gasteiger partial charge on any atom is 0.231 e.